The number of hydrogen-bond acceptors (Lipinski definition) is 1. The summed E-state index contributed by atoms with van der Waals surface area (Å²) in [5, 5.41) is 5.39. The van der Waals surface area contributed by atoms with Gasteiger partial charge in [-0.25, -0.2) is 4.44 Å². The van der Waals surface area contributed by atoms with Gasteiger partial charge in [-0.2, -0.15) is 0 Å². The largest absolute Gasteiger partial charge is 0.233 e. The second-order valence-corrected chi connectivity index (χ2v) is 14.0. The first-order valence-corrected chi connectivity index (χ1v) is 16.2. The third-order valence-electron chi connectivity index (χ3n) is 6.87. The number of hydrogen-bond donors (Lipinski definition) is 0. The van der Waals surface area contributed by atoms with Crippen LogP contribution in [0.3, 0.4) is 0 Å². The molecule has 0 saturated carbocycles. The van der Waals surface area contributed by atoms with Crippen molar-refractivity contribution >= 4 is 37.4 Å². The van der Waals surface area contributed by atoms with Gasteiger partial charge < -0.3 is 0 Å². The van der Waals surface area contributed by atoms with Crippen LogP contribution < -0.4 is 21.2 Å². The molecule has 0 aromatic heterocycles. The van der Waals surface area contributed by atoms with E-state index in [1.807, 2.05) is 0 Å². The minimum absolute atomic E-state index is 0.0421. The van der Waals surface area contributed by atoms with Crippen LogP contribution in [0.15, 0.2) is 182 Å². The van der Waals surface area contributed by atoms with Gasteiger partial charge in [0, 0.05) is 16.1 Å². The molecule has 0 aliphatic heterocycles. The predicted molar refractivity (Wildman–Crippen MR) is 175 cm³/mol. The maximum atomic E-state index is 2.85. The van der Waals surface area contributed by atoms with Crippen molar-refractivity contribution in [1.82, 2.24) is 4.44 Å². The molecule has 40 heavy (non-hydrogen) atoms. The Balaban J connectivity index is 1.69. The first-order valence-electron chi connectivity index (χ1n) is 13.6. The molecule has 6 aromatic carbocycles. The van der Waals surface area contributed by atoms with E-state index in [2.05, 4.69) is 186 Å². The summed E-state index contributed by atoms with van der Waals surface area (Å²) in [4.78, 5) is 0. The maximum Gasteiger partial charge on any atom is 0.0687 e. The van der Waals surface area contributed by atoms with Gasteiger partial charge in [0.2, 0.25) is 0 Å². The zero-order chi connectivity index (χ0) is 27.0. The summed E-state index contributed by atoms with van der Waals surface area (Å²) in [5.41, 5.74) is 2.60. The van der Waals surface area contributed by atoms with E-state index in [-0.39, 0.29) is 6.04 Å². The second kappa shape index (κ2) is 13.0. The number of rotatable bonds is 9. The van der Waals surface area contributed by atoms with Crippen LogP contribution in [0.25, 0.3) is 0 Å². The predicted octanol–water partition coefficient (Wildman–Crippen LogP) is 8.17. The summed E-state index contributed by atoms with van der Waals surface area (Å²) in [5.74, 6) is 0. The Hall–Kier alpha value is -3.86. The first kappa shape index (κ1) is 26.4. The lowest BCUT2D eigenvalue weighted by molar-refractivity contribution is 0.603. The molecule has 0 heterocycles. The third kappa shape index (κ3) is 5.84. The lowest BCUT2D eigenvalue weighted by atomic mass is 10.00. The van der Waals surface area contributed by atoms with Crippen LogP contribution in [0.1, 0.15) is 17.2 Å². The quantitative estimate of drug-likeness (QED) is 0.164. The smallest absolute Gasteiger partial charge is 0.0687 e. The zero-order valence-corrected chi connectivity index (χ0v) is 24.0. The van der Waals surface area contributed by atoms with Crippen molar-refractivity contribution < 1.29 is 0 Å². The van der Waals surface area contributed by atoms with Crippen LogP contribution >= 0.6 is 16.1 Å². The van der Waals surface area contributed by atoms with Crippen LogP contribution in [0.4, 0.5) is 0 Å². The van der Waals surface area contributed by atoms with E-state index >= 15 is 0 Å². The number of nitrogens with zero attached hydrogens (tertiary/aromatic N) is 1. The molecule has 0 atom stereocenters. The average Bonchev–Trinajstić information content (AvgIpc) is 3.04. The summed E-state index contributed by atoms with van der Waals surface area (Å²) >= 11 is 0. The average molecular weight is 552 g/mol. The monoisotopic (exact) mass is 551 g/mol. The molecule has 0 radical (unpaired) electrons. The molecule has 0 aliphatic carbocycles. The molecule has 0 fully saturated rings. The van der Waals surface area contributed by atoms with Gasteiger partial charge in [-0.05, 0) is 32.3 Å². The van der Waals surface area contributed by atoms with E-state index in [1.54, 1.807) is 0 Å². The summed E-state index contributed by atoms with van der Waals surface area (Å²) in [6.07, 6.45) is 0. The van der Waals surface area contributed by atoms with Crippen LogP contribution in [0, 0.1) is 0 Å². The summed E-state index contributed by atoms with van der Waals surface area (Å²) in [6, 6.07) is 66.5. The van der Waals surface area contributed by atoms with Crippen LogP contribution in [0.5, 0.6) is 0 Å². The van der Waals surface area contributed by atoms with Gasteiger partial charge in [-0.1, -0.05) is 182 Å². The Kier molecular flexibility index (Phi) is 8.57. The van der Waals surface area contributed by atoms with Crippen LogP contribution in [-0.2, 0) is 0 Å². The molecule has 194 valence electrons. The summed E-state index contributed by atoms with van der Waals surface area (Å²) in [7, 11) is -1.85. The van der Waals surface area contributed by atoms with Crippen molar-refractivity contribution in [3.8, 4) is 0 Å². The Labute approximate surface area is 240 Å². The molecule has 0 aliphatic rings. The summed E-state index contributed by atoms with van der Waals surface area (Å²) < 4.78 is 2.85. The topological polar surface area (TPSA) is 3.24 Å². The highest BCUT2D eigenvalue weighted by Gasteiger charge is 2.38. The van der Waals surface area contributed by atoms with Crippen LogP contribution in [0.2, 0.25) is 0 Å². The van der Waals surface area contributed by atoms with Gasteiger partial charge >= 0.3 is 0 Å². The van der Waals surface area contributed by atoms with Crippen molar-refractivity contribution in [2.24, 2.45) is 0 Å². The van der Waals surface area contributed by atoms with Gasteiger partial charge in [0.15, 0.2) is 0 Å². The Morgan fingerprint density at radius 3 is 0.775 bits per heavy atom. The van der Waals surface area contributed by atoms with E-state index in [9.17, 15) is 0 Å². The van der Waals surface area contributed by atoms with E-state index < -0.39 is 16.1 Å². The lowest BCUT2D eigenvalue weighted by Crippen LogP contribution is -2.35. The fourth-order valence-corrected chi connectivity index (χ4v) is 11.4. The molecule has 0 N–H and O–H groups in total. The molecule has 3 heteroatoms. The molecule has 0 unspecified atom stereocenters. The molecular weight excluding hydrogens is 520 g/mol. The lowest BCUT2D eigenvalue weighted by Gasteiger charge is -2.44. The minimum atomic E-state index is -0.925. The van der Waals surface area contributed by atoms with E-state index in [4.69, 9.17) is 0 Å². The van der Waals surface area contributed by atoms with Crippen molar-refractivity contribution in [1.29, 1.82) is 0 Å². The molecule has 6 aromatic rings. The van der Waals surface area contributed by atoms with Gasteiger partial charge in [0.05, 0.1) is 6.04 Å². The van der Waals surface area contributed by atoms with E-state index in [0.717, 1.165) is 0 Å². The van der Waals surface area contributed by atoms with E-state index in [1.165, 1.54) is 32.3 Å². The van der Waals surface area contributed by atoms with Crippen LogP contribution in [-0.4, -0.2) is 4.44 Å². The fraction of sp³-hybridized carbons (Fsp3) is 0.0270. The standard InChI is InChI=1S/C37H31NP2/c1-7-19-31(20-8-1)37(32-21-9-2-10-22-32)38(39(33-23-11-3-12-24-33)34-25-13-4-14-26-34)40(35-27-15-5-16-28-35)36-29-17-6-18-30-36/h1-30,37H. The zero-order valence-electron chi connectivity index (χ0n) is 22.2. The highest BCUT2D eigenvalue weighted by atomic mass is 31.2. The van der Waals surface area contributed by atoms with Gasteiger partial charge in [0.1, 0.15) is 0 Å². The van der Waals surface area contributed by atoms with Gasteiger partial charge in [0.25, 0.3) is 0 Å². The highest BCUT2D eigenvalue weighted by molar-refractivity contribution is 7.84. The fourth-order valence-electron chi connectivity index (χ4n) is 5.10. The van der Waals surface area contributed by atoms with Crippen molar-refractivity contribution in [3.63, 3.8) is 0 Å². The molecule has 1 nitrogen and oxygen atoms in total. The SMILES string of the molecule is c1ccc(C(c2ccccc2)N(P(c2ccccc2)c2ccccc2)P(c2ccccc2)c2ccccc2)cc1. The van der Waals surface area contributed by atoms with Gasteiger partial charge in [-0.3, -0.25) is 0 Å². The molecule has 6 rings (SSSR count). The molecule has 0 saturated heterocycles. The van der Waals surface area contributed by atoms with Crippen molar-refractivity contribution in [3.05, 3.63) is 193 Å². The summed E-state index contributed by atoms with van der Waals surface area (Å²) in [6.45, 7) is 0. The Morgan fingerprint density at radius 2 is 0.525 bits per heavy atom. The first-order chi connectivity index (χ1) is 19.9. The third-order valence-corrected chi connectivity index (χ3v) is 12.4. The Bertz CT molecular complexity index is 1260. The maximum absolute atomic E-state index is 2.85. The molecule has 0 spiro atoms. The number of benzene rings is 6. The van der Waals surface area contributed by atoms with E-state index in [0.29, 0.717) is 0 Å². The van der Waals surface area contributed by atoms with Crippen molar-refractivity contribution in [2.75, 3.05) is 0 Å². The molecular formula is C37H31NP2. The molecule has 0 bridgehead atoms. The minimum Gasteiger partial charge on any atom is -0.233 e. The normalized spacial score (nSPS) is 11.4. The van der Waals surface area contributed by atoms with Crippen molar-refractivity contribution in [2.45, 2.75) is 6.04 Å². The Morgan fingerprint density at radius 1 is 0.300 bits per heavy atom. The highest BCUT2D eigenvalue weighted by Crippen LogP contribution is 2.60. The molecule has 0 amide bonds. The van der Waals surface area contributed by atoms with Gasteiger partial charge in [-0.15, -0.1) is 0 Å². The second-order valence-electron chi connectivity index (χ2n) is 9.51.